The SMILES string of the molecule is CCC1(CC)OC(=S)Nc2ccc(-c3cccc(Cl)c3)cc21. The molecule has 0 aromatic heterocycles. The number of fused-ring (bicyclic) bond motifs is 1. The van der Waals surface area contributed by atoms with E-state index in [0.29, 0.717) is 5.17 Å². The quantitative estimate of drug-likeness (QED) is 0.723. The van der Waals surface area contributed by atoms with Crippen molar-refractivity contribution >= 4 is 34.7 Å². The average Bonchev–Trinajstić information content (AvgIpc) is 2.53. The van der Waals surface area contributed by atoms with E-state index in [4.69, 9.17) is 28.6 Å². The summed E-state index contributed by atoms with van der Waals surface area (Å²) >= 11 is 11.4. The number of rotatable bonds is 3. The zero-order valence-corrected chi connectivity index (χ0v) is 14.2. The zero-order valence-electron chi connectivity index (χ0n) is 12.7. The highest BCUT2D eigenvalue weighted by atomic mass is 35.5. The molecule has 1 N–H and O–H groups in total. The summed E-state index contributed by atoms with van der Waals surface area (Å²) in [5.74, 6) is 0. The summed E-state index contributed by atoms with van der Waals surface area (Å²) in [6.45, 7) is 4.26. The second-order valence-electron chi connectivity index (χ2n) is 5.49. The van der Waals surface area contributed by atoms with Crippen molar-refractivity contribution in [2.45, 2.75) is 32.3 Å². The molecule has 0 saturated carbocycles. The predicted molar refractivity (Wildman–Crippen MR) is 96.5 cm³/mol. The van der Waals surface area contributed by atoms with Gasteiger partial charge in [-0.3, -0.25) is 0 Å². The van der Waals surface area contributed by atoms with Gasteiger partial charge in [0, 0.05) is 16.3 Å². The van der Waals surface area contributed by atoms with Crippen LogP contribution in [0, 0.1) is 0 Å². The van der Waals surface area contributed by atoms with Crippen molar-refractivity contribution in [3.63, 3.8) is 0 Å². The number of hydrogen-bond acceptors (Lipinski definition) is 2. The Balaban J connectivity index is 2.14. The highest BCUT2D eigenvalue weighted by Gasteiger charge is 2.37. The molecular formula is C18H18ClNOS. The van der Waals surface area contributed by atoms with Crippen molar-refractivity contribution in [3.8, 4) is 11.1 Å². The molecule has 2 nitrogen and oxygen atoms in total. The molecule has 0 radical (unpaired) electrons. The van der Waals surface area contributed by atoms with Crippen LogP contribution in [0.5, 0.6) is 0 Å². The lowest BCUT2D eigenvalue weighted by atomic mass is 9.84. The Morgan fingerprint density at radius 2 is 1.82 bits per heavy atom. The molecule has 0 bridgehead atoms. The Bertz CT molecular complexity index is 725. The van der Waals surface area contributed by atoms with Gasteiger partial charge in [-0.2, -0.15) is 0 Å². The standard InChI is InChI=1S/C18H18ClNOS/c1-3-18(4-2)15-11-13(12-6-5-7-14(19)10-12)8-9-16(15)20-17(22)21-18/h5-11H,3-4H2,1-2H3,(H,20,22). The fourth-order valence-electron chi connectivity index (χ4n) is 3.02. The lowest BCUT2D eigenvalue weighted by molar-refractivity contribution is 0.0441. The van der Waals surface area contributed by atoms with Gasteiger partial charge >= 0.3 is 0 Å². The van der Waals surface area contributed by atoms with E-state index in [1.165, 1.54) is 0 Å². The van der Waals surface area contributed by atoms with Gasteiger partial charge in [-0.1, -0.05) is 43.6 Å². The minimum Gasteiger partial charge on any atom is -0.459 e. The summed E-state index contributed by atoms with van der Waals surface area (Å²) in [5.41, 5.74) is 4.07. The Morgan fingerprint density at radius 1 is 1.09 bits per heavy atom. The third-order valence-electron chi connectivity index (χ3n) is 4.34. The molecule has 0 fully saturated rings. The van der Waals surface area contributed by atoms with E-state index in [-0.39, 0.29) is 5.60 Å². The highest BCUT2D eigenvalue weighted by Crippen LogP contribution is 2.42. The molecule has 0 aliphatic carbocycles. The van der Waals surface area contributed by atoms with E-state index in [9.17, 15) is 0 Å². The van der Waals surface area contributed by atoms with Gasteiger partial charge in [0.15, 0.2) is 0 Å². The van der Waals surface area contributed by atoms with E-state index in [1.807, 2.05) is 18.2 Å². The fraction of sp³-hybridized carbons (Fsp3) is 0.278. The van der Waals surface area contributed by atoms with Crippen LogP contribution in [0.3, 0.4) is 0 Å². The number of anilines is 1. The van der Waals surface area contributed by atoms with Crippen LogP contribution in [0.15, 0.2) is 42.5 Å². The smallest absolute Gasteiger partial charge is 0.262 e. The first-order valence-electron chi connectivity index (χ1n) is 7.48. The number of hydrogen-bond donors (Lipinski definition) is 1. The molecule has 1 aliphatic rings. The number of ether oxygens (including phenoxy) is 1. The van der Waals surface area contributed by atoms with Crippen LogP contribution in [-0.4, -0.2) is 5.17 Å². The zero-order chi connectivity index (χ0) is 15.7. The lowest BCUT2D eigenvalue weighted by Gasteiger charge is -2.39. The predicted octanol–water partition coefficient (Wildman–Crippen LogP) is 5.75. The molecule has 3 rings (SSSR count). The van der Waals surface area contributed by atoms with E-state index in [1.54, 1.807) is 0 Å². The van der Waals surface area contributed by atoms with E-state index >= 15 is 0 Å². The van der Waals surface area contributed by atoms with Crippen LogP contribution in [0.4, 0.5) is 5.69 Å². The molecule has 0 spiro atoms. The Kier molecular flexibility index (Phi) is 4.11. The van der Waals surface area contributed by atoms with Crippen molar-refractivity contribution in [2.75, 3.05) is 5.32 Å². The minimum atomic E-state index is -0.355. The minimum absolute atomic E-state index is 0.355. The fourth-order valence-corrected chi connectivity index (χ4v) is 3.48. The van der Waals surface area contributed by atoms with Gasteiger partial charge in [-0.15, -0.1) is 0 Å². The van der Waals surface area contributed by atoms with E-state index in [0.717, 1.165) is 40.2 Å². The molecule has 4 heteroatoms. The highest BCUT2D eigenvalue weighted by molar-refractivity contribution is 7.80. The van der Waals surface area contributed by atoms with Crippen molar-refractivity contribution < 1.29 is 4.74 Å². The van der Waals surface area contributed by atoms with Crippen LogP contribution in [0.25, 0.3) is 11.1 Å². The van der Waals surface area contributed by atoms with Gasteiger partial charge in [0.2, 0.25) is 0 Å². The first-order chi connectivity index (χ1) is 10.6. The first-order valence-corrected chi connectivity index (χ1v) is 8.27. The summed E-state index contributed by atoms with van der Waals surface area (Å²) in [7, 11) is 0. The van der Waals surface area contributed by atoms with Crippen LogP contribution in [0.1, 0.15) is 32.3 Å². The van der Waals surface area contributed by atoms with Crippen molar-refractivity contribution in [1.82, 2.24) is 0 Å². The maximum atomic E-state index is 6.11. The van der Waals surface area contributed by atoms with E-state index in [2.05, 4.69) is 43.4 Å². The Morgan fingerprint density at radius 3 is 2.50 bits per heavy atom. The monoisotopic (exact) mass is 331 g/mol. The van der Waals surface area contributed by atoms with Crippen LogP contribution in [-0.2, 0) is 10.3 Å². The summed E-state index contributed by atoms with van der Waals surface area (Å²) in [5, 5.41) is 4.35. The number of benzene rings is 2. The van der Waals surface area contributed by atoms with Gasteiger partial charge in [-0.25, -0.2) is 0 Å². The van der Waals surface area contributed by atoms with Gasteiger partial charge < -0.3 is 10.1 Å². The molecule has 1 heterocycles. The maximum Gasteiger partial charge on any atom is 0.262 e. The third kappa shape index (κ3) is 2.59. The summed E-state index contributed by atoms with van der Waals surface area (Å²) in [6, 6.07) is 14.2. The summed E-state index contributed by atoms with van der Waals surface area (Å²) in [6.07, 6.45) is 1.74. The molecular weight excluding hydrogens is 314 g/mol. The Hall–Kier alpha value is -1.58. The normalized spacial score (nSPS) is 15.7. The molecule has 2 aromatic carbocycles. The molecule has 114 valence electrons. The number of halogens is 1. The molecule has 2 aromatic rings. The average molecular weight is 332 g/mol. The molecule has 0 amide bonds. The van der Waals surface area contributed by atoms with Gasteiger partial charge in [0.05, 0.1) is 0 Å². The largest absolute Gasteiger partial charge is 0.459 e. The maximum absolute atomic E-state index is 6.11. The summed E-state index contributed by atoms with van der Waals surface area (Å²) < 4.78 is 6.01. The third-order valence-corrected chi connectivity index (χ3v) is 4.76. The second kappa shape index (κ2) is 5.90. The topological polar surface area (TPSA) is 21.3 Å². The molecule has 0 atom stereocenters. The first kappa shape index (κ1) is 15.3. The second-order valence-corrected chi connectivity index (χ2v) is 6.29. The number of nitrogens with one attached hydrogen (secondary N) is 1. The molecule has 22 heavy (non-hydrogen) atoms. The van der Waals surface area contributed by atoms with Crippen LogP contribution >= 0.6 is 23.8 Å². The summed E-state index contributed by atoms with van der Waals surface area (Å²) in [4.78, 5) is 0. The lowest BCUT2D eigenvalue weighted by Crippen LogP contribution is -2.38. The van der Waals surface area contributed by atoms with Crippen molar-refractivity contribution in [1.29, 1.82) is 0 Å². The van der Waals surface area contributed by atoms with E-state index < -0.39 is 0 Å². The van der Waals surface area contributed by atoms with Crippen molar-refractivity contribution in [3.05, 3.63) is 53.1 Å². The van der Waals surface area contributed by atoms with Gasteiger partial charge in [-0.05, 0) is 60.5 Å². The van der Waals surface area contributed by atoms with Crippen LogP contribution < -0.4 is 5.32 Å². The molecule has 1 aliphatic heterocycles. The van der Waals surface area contributed by atoms with Gasteiger partial charge in [0.1, 0.15) is 5.60 Å². The number of thiocarbonyl (C=S) groups is 1. The molecule has 0 unspecified atom stereocenters. The van der Waals surface area contributed by atoms with Crippen molar-refractivity contribution in [2.24, 2.45) is 0 Å². The Labute approximate surface area is 141 Å². The van der Waals surface area contributed by atoms with Gasteiger partial charge in [0.25, 0.3) is 5.17 Å². The van der Waals surface area contributed by atoms with Crippen LogP contribution in [0.2, 0.25) is 5.02 Å². The molecule has 0 saturated heterocycles.